The van der Waals surface area contributed by atoms with Crippen LogP contribution in [0, 0.1) is 5.92 Å². The number of anilines is 1. The van der Waals surface area contributed by atoms with Gasteiger partial charge in [-0.1, -0.05) is 41.9 Å². The molecule has 2 aliphatic rings. The Balaban J connectivity index is 1.48. The second-order valence-corrected chi connectivity index (χ2v) is 11.3. The number of halogens is 1. The molecule has 4 rings (SSSR count). The zero-order valence-electron chi connectivity index (χ0n) is 16.6. The molecule has 1 N–H and O–H groups in total. The van der Waals surface area contributed by atoms with E-state index in [0.717, 1.165) is 15.7 Å². The maximum Gasteiger partial charge on any atom is 0.322 e. The highest BCUT2D eigenvalue weighted by molar-refractivity contribution is 9.10. The molecule has 29 heavy (non-hydrogen) atoms. The van der Waals surface area contributed by atoms with Crippen LogP contribution in [0.25, 0.3) is 0 Å². The van der Waals surface area contributed by atoms with E-state index in [1.54, 1.807) is 31.2 Å². The number of sulfone groups is 1. The number of carbonyl (C=O) groups excluding carboxylic acids is 1. The molecule has 0 saturated heterocycles. The third-order valence-electron chi connectivity index (χ3n) is 6.18. The van der Waals surface area contributed by atoms with Gasteiger partial charge in [0.05, 0.1) is 10.6 Å². The van der Waals surface area contributed by atoms with Gasteiger partial charge < -0.3 is 5.32 Å². The Morgan fingerprint density at radius 2 is 1.90 bits per heavy atom. The topological polar surface area (TPSA) is 66.5 Å². The van der Waals surface area contributed by atoms with Crippen molar-refractivity contribution in [3.05, 3.63) is 58.1 Å². The van der Waals surface area contributed by atoms with Crippen LogP contribution in [0.15, 0.2) is 51.8 Å². The third kappa shape index (κ3) is 3.82. The Morgan fingerprint density at radius 3 is 2.52 bits per heavy atom. The molecule has 1 heterocycles. The Hall–Kier alpha value is -1.86. The van der Waals surface area contributed by atoms with Crippen molar-refractivity contribution in [3.63, 3.8) is 0 Å². The van der Waals surface area contributed by atoms with Gasteiger partial charge in [0, 0.05) is 28.7 Å². The van der Waals surface area contributed by atoms with Gasteiger partial charge in [-0.2, -0.15) is 0 Å². The number of fused-ring (bicyclic) bond motifs is 1. The van der Waals surface area contributed by atoms with E-state index < -0.39 is 9.84 Å². The van der Waals surface area contributed by atoms with Crippen molar-refractivity contribution in [2.24, 2.45) is 5.92 Å². The quantitative estimate of drug-likeness (QED) is 0.683. The first-order valence-electron chi connectivity index (χ1n) is 9.92. The van der Waals surface area contributed by atoms with Crippen molar-refractivity contribution in [3.8, 4) is 0 Å². The Bertz CT molecular complexity index is 1050. The molecule has 1 unspecified atom stereocenters. The lowest BCUT2D eigenvalue weighted by Gasteiger charge is -2.25. The Labute approximate surface area is 180 Å². The van der Waals surface area contributed by atoms with Crippen LogP contribution in [-0.2, 0) is 21.8 Å². The normalized spacial score (nSPS) is 21.1. The molecule has 5 nitrogen and oxygen atoms in total. The van der Waals surface area contributed by atoms with Crippen molar-refractivity contribution >= 4 is 37.5 Å². The maximum atomic E-state index is 13.0. The lowest BCUT2D eigenvalue weighted by atomic mass is 9.80. The predicted octanol–water partition coefficient (Wildman–Crippen LogP) is 4.64. The van der Waals surface area contributed by atoms with Crippen molar-refractivity contribution in [2.75, 3.05) is 17.2 Å². The van der Waals surface area contributed by atoms with Gasteiger partial charge in [0.2, 0.25) is 0 Å². The number of hydrogen-bond donors (Lipinski definition) is 1. The molecule has 1 saturated carbocycles. The molecule has 1 aliphatic carbocycles. The summed E-state index contributed by atoms with van der Waals surface area (Å²) in [4.78, 5) is 15.1. The lowest BCUT2D eigenvalue weighted by molar-refractivity contribution is 0.244. The first kappa shape index (κ1) is 20.4. The molecule has 7 heteroatoms. The third-order valence-corrected chi connectivity index (χ3v) is 8.42. The predicted molar refractivity (Wildman–Crippen MR) is 118 cm³/mol. The Kier molecular flexibility index (Phi) is 5.23. The Morgan fingerprint density at radius 1 is 1.21 bits per heavy atom. The highest BCUT2D eigenvalue weighted by Crippen LogP contribution is 2.54. The van der Waals surface area contributed by atoms with Crippen LogP contribution in [0.1, 0.15) is 37.8 Å². The van der Waals surface area contributed by atoms with E-state index in [2.05, 4.69) is 34.2 Å². The average Bonchev–Trinajstić information content (AvgIpc) is 3.53. The van der Waals surface area contributed by atoms with Gasteiger partial charge in [0.25, 0.3) is 0 Å². The molecule has 0 spiro atoms. The molecule has 1 atom stereocenters. The fourth-order valence-corrected chi connectivity index (χ4v) is 5.45. The highest BCUT2D eigenvalue weighted by Gasteiger charge is 2.50. The second kappa shape index (κ2) is 7.43. The van der Waals surface area contributed by atoms with Crippen LogP contribution in [0.3, 0.4) is 0 Å². The van der Waals surface area contributed by atoms with E-state index in [1.165, 1.54) is 18.4 Å². The first-order valence-corrected chi connectivity index (χ1v) is 12.4. The number of nitrogens with one attached hydrogen (secondary N) is 1. The van der Waals surface area contributed by atoms with Crippen molar-refractivity contribution in [1.82, 2.24) is 5.32 Å². The van der Waals surface area contributed by atoms with Crippen molar-refractivity contribution in [2.45, 2.75) is 43.5 Å². The minimum Gasteiger partial charge on any atom is -0.334 e. The number of hydrogen-bond acceptors (Lipinski definition) is 3. The number of nitrogens with zero attached hydrogens (tertiary/aromatic N) is 1. The summed E-state index contributed by atoms with van der Waals surface area (Å²) in [6.45, 7) is 4.93. The second-order valence-electron chi connectivity index (χ2n) is 8.15. The fraction of sp³-hybridized carbons (Fsp3) is 0.409. The van der Waals surface area contributed by atoms with Crippen LogP contribution in [0.5, 0.6) is 0 Å². The van der Waals surface area contributed by atoms with E-state index in [9.17, 15) is 13.2 Å². The van der Waals surface area contributed by atoms with Gasteiger partial charge in [-0.25, -0.2) is 13.2 Å². The van der Waals surface area contributed by atoms with E-state index in [-0.39, 0.29) is 17.2 Å². The number of benzene rings is 2. The summed E-state index contributed by atoms with van der Waals surface area (Å²) >= 11 is 3.57. The summed E-state index contributed by atoms with van der Waals surface area (Å²) in [5.41, 5.74) is 3.07. The van der Waals surface area contributed by atoms with Crippen LogP contribution >= 0.6 is 15.9 Å². The molecule has 1 fully saturated rings. The molecule has 1 aliphatic heterocycles. The molecule has 0 radical (unpaired) electrons. The van der Waals surface area contributed by atoms with Crippen LogP contribution < -0.4 is 10.2 Å². The van der Waals surface area contributed by atoms with Crippen molar-refractivity contribution < 1.29 is 13.2 Å². The number of urea groups is 1. The summed E-state index contributed by atoms with van der Waals surface area (Å²) in [5, 5.41) is 2.99. The fourth-order valence-electron chi connectivity index (χ4n) is 4.20. The summed E-state index contributed by atoms with van der Waals surface area (Å²) in [6, 6.07) is 12.7. The number of amides is 2. The minimum atomic E-state index is -3.21. The summed E-state index contributed by atoms with van der Waals surface area (Å²) in [5.74, 6) is 0.703. The van der Waals surface area contributed by atoms with Gasteiger partial charge in [0.1, 0.15) is 0 Å². The van der Waals surface area contributed by atoms with Crippen LogP contribution in [0.4, 0.5) is 10.5 Å². The summed E-state index contributed by atoms with van der Waals surface area (Å²) < 4.78 is 24.9. The largest absolute Gasteiger partial charge is 0.334 e. The van der Waals surface area contributed by atoms with E-state index in [0.29, 0.717) is 23.9 Å². The van der Waals surface area contributed by atoms with Gasteiger partial charge in [-0.15, -0.1) is 0 Å². The first-order chi connectivity index (χ1) is 13.7. The molecule has 0 bridgehead atoms. The van der Waals surface area contributed by atoms with E-state index in [4.69, 9.17) is 0 Å². The van der Waals surface area contributed by atoms with Crippen LogP contribution in [-0.4, -0.2) is 26.7 Å². The number of carbonyl (C=O) groups is 1. The summed E-state index contributed by atoms with van der Waals surface area (Å²) in [7, 11) is -3.21. The summed E-state index contributed by atoms with van der Waals surface area (Å²) in [6.07, 6.45) is 2.43. The maximum absolute atomic E-state index is 13.0. The molecular weight excluding hydrogens is 452 g/mol. The van der Waals surface area contributed by atoms with E-state index in [1.807, 2.05) is 17.0 Å². The standard InChI is InChI=1S/C22H25BrN2O3S/c1-3-29(27,28)18-9-4-15(5-10-18)13-24-21(26)25-14-22(2,16-6-7-16)19-12-17(23)8-11-20(19)25/h4-5,8-12,16H,3,6-7,13-14H2,1-2H3,(H,24,26). The van der Waals surface area contributed by atoms with Gasteiger partial charge in [-0.05, 0) is 60.2 Å². The van der Waals surface area contributed by atoms with Gasteiger partial charge in [-0.3, -0.25) is 4.90 Å². The minimum absolute atomic E-state index is 0.00733. The zero-order chi connectivity index (χ0) is 20.8. The SMILES string of the molecule is CCS(=O)(=O)c1ccc(CNC(=O)N2CC(C)(C3CC3)c3cc(Br)ccc32)cc1. The molecule has 2 aromatic rings. The molecule has 0 aromatic heterocycles. The average molecular weight is 477 g/mol. The number of rotatable bonds is 5. The molecular formula is C22H25BrN2O3S. The molecule has 2 aromatic carbocycles. The van der Waals surface area contributed by atoms with E-state index >= 15 is 0 Å². The molecule has 2 amide bonds. The lowest BCUT2D eigenvalue weighted by Crippen LogP contribution is -2.42. The molecule has 154 valence electrons. The zero-order valence-corrected chi connectivity index (χ0v) is 19.0. The monoisotopic (exact) mass is 476 g/mol. The smallest absolute Gasteiger partial charge is 0.322 e. The van der Waals surface area contributed by atoms with Crippen LogP contribution in [0.2, 0.25) is 0 Å². The van der Waals surface area contributed by atoms with Gasteiger partial charge in [0.15, 0.2) is 9.84 Å². The van der Waals surface area contributed by atoms with Gasteiger partial charge >= 0.3 is 6.03 Å². The highest BCUT2D eigenvalue weighted by atomic mass is 79.9. The van der Waals surface area contributed by atoms with Crippen molar-refractivity contribution in [1.29, 1.82) is 0 Å².